The monoisotopic (exact) mass is 412 g/mol. The van der Waals surface area contributed by atoms with Crippen molar-refractivity contribution >= 4 is 17.4 Å². The molecule has 0 bridgehead atoms. The lowest BCUT2D eigenvalue weighted by atomic mass is 9.99. The third kappa shape index (κ3) is 3.54. The number of amides is 1. The molecule has 158 valence electrons. The second-order valence-corrected chi connectivity index (χ2v) is 7.67. The minimum atomic E-state index is -0.786. The molecule has 2 aromatic rings. The van der Waals surface area contributed by atoms with Gasteiger partial charge in [-0.15, -0.1) is 0 Å². The van der Waals surface area contributed by atoms with E-state index in [1.807, 2.05) is 19.0 Å². The number of rotatable bonds is 6. The number of hydrogen-bond acceptors (Lipinski definition) is 7. The summed E-state index contributed by atoms with van der Waals surface area (Å²) in [5, 5.41) is 11.0. The molecule has 1 aromatic carbocycles. The molecule has 30 heavy (non-hydrogen) atoms. The van der Waals surface area contributed by atoms with E-state index >= 15 is 0 Å². The van der Waals surface area contributed by atoms with Gasteiger partial charge in [0.1, 0.15) is 23.3 Å². The molecule has 4 rings (SSSR count). The Bertz CT molecular complexity index is 1020. The highest BCUT2D eigenvalue weighted by atomic mass is 16.7. The predicted octanol–water partition coefficient (Wildman–Crippen LogP) is 2.69. The fraction of sp³-hybridized carbons (Fsp3) is 0.364. The Hall–Kier alpha value is -3.26. The Balaban J connectivity index is 1.76. The fourth-order valence-corrected chi connectivity index (χ4v) is 3.76. The summed E-state index contributed by atoms with van der Waals surface area (Å²) in [4.78, 5) is 29.3. The molecule has 1 saturated heterocycles. The molecule has 8 heteroatoms. The number of carbonyl (C=O) groups is 2. The van der Waals surface area contributed by atoms with Crippen LogP contribution in [0.5, 0.6) is 11.5 Å². The van der Waals surface area contributed by atoms with Crippen LogP contribution >= 0.6 is 0 Å². The number of aliphatic hydroxyl groups is 1. The molecule has 1 aromatic heterocycles. The van der Waals surface area contributed by atoms with Crippen molar-refractivity contribution in [1.82, 2.24) is 9.80 Å². The lowest BCUT2D eigenvalue weighted by Crippen LogP contribution is -2.32. The first-order chi connectivity index (χ1) is 14.4. The first-order valence-electron chi connectivity index (χ1n) is 9.76. The summed E-state index contributed by atoms with van der Waals surface area (Å²) >= 11 is 0. The minimum Gasteiger partial charge on any atom is -0.507 e. The van der Waals surface area contributed by atoms with Crippen molar-refractivity contribution in [2.75, 3.05) is 34.0 Å². The lowest BCUT2D eigenvalue weighted by Gasteiger charge is -2.24. The van der Waals surface area contributed by atoms with Crippen molar-refractivity contribution in [3.63, 3.8) is 0 Å². The number of ether oxygens (including phenoxy) is 2. The first-order valence-corrected chi connectivity index (χ1v) is 9.76. The minimum absolute atomic E-state index is 0.0121. The smallest absolute Gasteiger partial charge is 0.295 e. The average molecular weight is 412 g/mol. The van der Waals surface area contributed by atoms with Crippen LogP contribution in [0.1, 0.15) is 29.5 Å². The van der Waals surface area contributed by atoms with E-state index < -0.39 is 17.7 Å². The zero-order valence-electron chi connectivity index (χ0n) is 17.2. The standard InChI is InChI=1S/C22H24N2O6/c1-13-5-7-16(30-13)19-18(21(26)22(27)24(19)10-4-9-23(2)3)20(25)14-6-8-15-17(11-14)29-12-28-15/h5-8,11,19,25H,4,9-10,12H2,1-3H3/b20-18+. The predicted molar refractivity (Wildman–Crippen MR) is 108 cm³/mol. The van der Waals surface area contributed by atoms with Crippen LogP contribution in [-0.4, -0.2) is 60.6 Å². The number of nitrogens with zero attached hydrogens (tertiary/aromatic N) is 2. The first kappa shape index (κ1) is 20.0. The molecule has 1 unspecified atom stereocenters. The highest BCUT2D eigenvalue weighted by molar-refractivity contribution is 6.46. The van der Waals surface area contributed by atoms with Crippen LogP contribution in [-0.2, 0) is 9.59 Å². The van der Waals surface area contributed by atoms with Crippen LogP contribution < -0.4 is 9.47 Å². The maximum atomic E-state index is 12.9. The number of hydrogen-bond donors (Lipinski definition) is 1. The van der Waals surface area contributed by atoms with Gasteiger partial charge in [-0.1, -0.05) is 0 Å². The van der Waals surface area contributed by atoms with Gasteiger partial charge < -0.3 is 28.8 Å². The van der Waals surface area contributed by atoms with Crippen molar-refractivity contribution in [2.45, 2.75) is 19.4 Å². The van der Waals surface area contributed by atoms with Crippen LogP contribution in [0.15, 0.2) is 40.3 Å². The Morgan fingerprint density at radius 2 is 1.93 bits per heavy atom. The van der Waals surface area contributed by atoms with E-state index in [1.165, 1.54) is 4.90 Å². The molecule has 8 nitrogen and oxygen atoms in total. The van der Waals surface area contributed by atoms with Crippen molar-refractivity contribution < 1.29 is 28.6 Å². The van der Waals surface area contributed by atoms with Crippen LogP contribution in [0.4, 0.5) is 0 Å². The van der Waals surface area contributed by atoms with Gasteiger partial charge in [0.15, 0.2) is 11.5 Å². The van der Waals surface area contributed by atoms with Gasteiger partial charge in [0.2, 0.25) is 6.79 Å². The molecule has 1 N–H and O–H groups in total. The Labute approximate surface area is 174 Å². The summed E-state index contributed by atoms with van der Waals surface area (Å²) in [7, 11) is 3.89. The average Bonchev–Trinajstić information content (AvgIpc) is 3.41. The number of furan rings is 1. The molecule has 1 amide bonds. The zero-order chi connectivity index (χ0) is 21.4. The number of aryl methyl sites for hydroxylation is 1. The van der Waals surface area contributed by atoms with Crippen molar-refractivity contribution in [3.8, 4) is 11.5 Å². The van der Waals surface area contributed by atoms with E-state index in [4.69, 9.17) is 13.9 Å². The van der Waals surface area contributed by atoms with Gasteiger partial charge in [0.05, 0.1) is 5.57 Å². The van der Waals surface area contributed by atoms with E-state index in [2.05, 4.69) is 0 Å². The number of fused-ring (bicyclic) bond motifs is 1. The number of likely N-dealkylation sites (tertiary alicyclic amines) is 1. The van der Waals surface area contributed by atoms with E-state index in [9.17, 15) is 14.7 Å². The third-order valence-electron chi connectivity index (χ3n) is 5.22. The van der Waals surface area contributed by atoms with Gasteiger partial charge in [0.25, 0.3) is 11.7 Å². The summed E-state index contributed by atoms with van der Waals surface area (Å²) in [6, 6.07) is 7.62. The van der Waals surface area contributed by atoms with E-state index in [-0.39, 0.29) is 18.1 Å². The molecular formula is C22H24N2O6. The van der Waals surface area contributed by atoms with Gasteiger partial charge in [-0.25, -0.2) is 0 Å². The van der Waals surface area contributed by atoms with Gasteiger partial charge >= 0.3 is 0 Å². The summed E-state index contributed by atoms with van der Waals surface area (Å²) < 4.78 is 16.4. The molecule has 2 aliphatic heterocycles. The van der Waals surface area contributed by atoms with Crippen LogP contribution in [0.2, 0.25) is 0 Å². The van der Waals surface area contributed by atoms with E-state index in [0.717, 1.165) is 6.54 Å². The van der Waals surface area contributed by atoms with Gasteiger partial charge in [0, 0.05) is 12.1 Å². The van der Waals surface area contributed by atoms with Crippen molar-refractivity contribution in [1.29, 1.82) is 0 Å². The van der Waals surface area contributed by atoms with Crippen LogP contribution in [0, 0.1) is 6.92 Å². The van der Waals surface area contributed by atoms with Gasteiger partial charge in [-0.2, -0.15) is 0 Å². The molecule has 1 atom stereocenters. The lowest BCUT2D eigenvalue weighted by molar-refractivity contribution is -0.140. The topological polar surface area (TPSA) is 92.4 Å². The molecule has 1 fully saturated rings. The number of carbonyl (C=O) groups excluding carboxylic acids is 2. The van der Waals surface area contributed by atoms with Gasteiger partial charge in [-0.05, 0) is 64.3 Å². The molecule has 3 heterocycles. The van der Waals surface area contributed by atoms with Crippen LogP contribution in [0.3, 0.4) is 0 Å². The Kier molecular flexibility index (Phi) is 5.26. The van der Waals surface area contributed by atoms with Crippen molar-refractivity contribution in [3.05, 3.63) is 53.0 Å². The normalized spacial score (nSPS) is 19.9. The number of aliphatic hydroxyl groups excluding tert-OH is 1. The third-order valence-corrected chi connectivity index (χ3v) is 5.22. The van der Waals surface area contributed by atoms with Gasteiger partial charge in [-0.3, -0.25) is 9.59 Å². The fourth-order valence-electron chi connectivity index (χ4n) is 3.76. The largest absolute Gasteiger partial charge is 0.507 e. The van der Waals surface area contributed by atoms with Crippen molar-refractivity contribution in [2.24, 2.45) is 0 Å². The van der Waals surface area contributed by atoms with E-state index in [0.29, 0.717) is 41.5 Å². The zero-order valence-corrected chi connectivity index (χ0v) is 17.2. The summed E-state index contributed by atoms with van der Waals surface area (Å²) in [6.45, 7) is 3.02. The molecule has 0 spiro atoms. The molecule has 2 aliphatic rings. The second-order valence-electron chi connectivity index (χ2n) is 7.67. The quantitative estimate of drug-likeness (QED) is 0.443. The summed E-state index contributed by atoms with van der Waals surface area (Å²) in [6.07, 6.45) is 0.681. The summed E-state index contributed by atoms with van der Waals surface area (Å²) in [5.74, 6) is 0.509. The number of Topliss-reactive ketones (excluding diaryl/α,β-unsaturated/α-hetero) is 1. The van der Waals surface area contributed by atoms with E-state index in [1.54, 1.807) is 37.3 Å². The molecule has 0 saturated carbocycles. The Morgan fingerprint density at radius 3 is 2.63 bits per heavy atom. The SMILES string of the molecule is Cc1ccc(C2/C(=C(\O)c3ccc4c(c3)OCO4)C(=O)C(=O)N2CCCN(C)C)o1. The molecule has 0 radical (unpaired) electrons. The number of benzene rings is 1. The maximum absolute atomic E-state index is 12.9. The highest BCUT2D eigenvalue weighted by Crippen LogP contribution is 2.41. The van der Waals surface area contributed by atoms with Crippen LogP contribution in [0.25, 0.3) is 5.76 Å². The summed E-state index contributed by atoms with van der Waals surface area (Å²) in [5.41, 5.74) is 0.386. The number of ketones is 1. The molecule has 0 aliphatic carbocycles. The maximum Gasteiger partial charge on any atom is 0.295 e. The Morgan fingerprint density at radius 1 is 1.17 bits per heavy atom. The molecular weight excluding hydrogens is 388 g/mol. The second kappa shape index (κ2) is 7.87. The highest BCUT2D eigenvalue weighted by Gasteiger charge is 2.47.